The summed E-state index contributed by atoms with van der Waals surface area (Å²) in [4.78, 5) is 11.9. The topological polar surface area (TPSA) is 49.8 Å². The summed E-state index contributed by atoms with van der Waals surface area (Å²) in [6, 6.07) is 1.26. The molecular formula is C14H13F6NO3. The minimum Gasteiger partial charge on any atom is -0.342 e. The Balaban J connectivity index is 2.66. The molecule has 1 aliphatic heterocycles. The van der Waals surface area contributed by atoms with Crippen LogP contribution in [0, 0.1) is 0 Å². The van der Waals surface area contributed by atoms with Crippen LogP contribution in [0.1, 0.15) is 41.3 Å². The largest absolute Gasteiger partial charge is 0.443 e. The standard InChI is InChI=1S/C14H13F6NO3/c1-2-3-6-24-12(14(18,19)20)10-7-8(13(15,16)17)4-5-9(10)11(22)21(12)23/h4-5,7,23H,2-3,6H2,1H3. The van der Waals surface area contributed by atoms with Gasteiger partial charge in [0.25, 0.3) is 11.6 Å². The third kappa shape index (κ3) is 2.73. The van der Waals surface area contributed by atoms with E-state index >= 15 is 0 Å². The first-order valence-corrected chi connectivity index (χ1v) is 6.92. The van der Waals surface area contributed by atoms with E-state index in [0.717, 1.165) is 0 Å². The molecule has 0 saturated heterocycles. The average Bonchev–Trinajstić information content (AvgIpc) is 2.68. The number of alkyl halides is 6. The summed E-state index contributed by atoms with van der Waals surface area (Å²) in [6.45, 7) is 1.16. The summed E-state index contributed by atoms with van der Waals surface area (Å²) in [5, 5.41) is 9.03. The molecule has 1 aromatic carbocycles. The second-order valence-corrected chi connectivity index (χ2v) is 5.22. The van der Waals surface area contributed by atoms with Gasteiger partial charge in [-0.05, 0) is 24.6 Å². The number of carbonyl (C=O) groups excluding carboxylic acids is 1. The van der Waals surface area contributed by atoms with Gasteiger partial charge in [0.15, 0.2) is 0 Å². The van der Waals surface area contributed by atoms with Gasteiger partial charge in [0.2, 0.25) is 0 Å². The molecule has 1 N–H and O–H groups in total. The SMILES string of the molecule is CCCCOC1(C(F)(F)F)c2cc(C(F)(F)F)ccc2C(=O)N1O. The first-order valence-electron chi connectivity index (χ1n) is 6.92. The monoisotopic (exact) mass is 357 g/mol. The number of nitrogens with zero attached hydrogens (tertiary/aromatic N) is 1. The zero-order valence-electron chi connectivity index (χ0n) is 12.3. The minimum atomic E-state index is -5.35. The number of halogens is 6. The minimum absolute atomic E-state index is 0.161. The van der Waals surface area contributed by atoms with Gasteiger partial charge >= 0.3 is 12.4 Å². The number of hydroxylamine groups is 2. The Morgan fingerprint density at radius 2 is 1.83 bits per heavy atom. The van der Waals surface area contributed by atoms with Crippen molar-refractivity contribution in [2.75, 3.05) is 6.61 Å². The van der Waals surface area contributed by atoms with Gasteiger partial charge in [-0.15, -0.1) is 0 Å². The highest BCUT2D eigenvalue weighted by atomic mass is 19.4. The molecule has 0 aromatic heterocycles. The van der Waals surface area contributed by atoms with E-state index in [2.05, 4.69) is 0 Å². The van der Waals surface area contributed by atoms with Crippen LogP contribution in [0.25, 0.3) is 0 Å². The molecule has 1 amide bonds. The molecular weight excluding hydrogens is 344 g/mol. The fourth-order valence-corrected chi connectivity index (χ4v) is 2.42. The normalized spacial score (nSPS) is 21.3. The summed E-state index contributed by atoms with van der Waals surface area (Å²) in [5.41, 5.74) is -6.81. The van der Waals surface area contributed by atoms with Gasteiger partial charge in [-0.3, -0.25) is 10.0 Å². The molecule has 134 valence electrons. The maximum atomic E-state index is 13.6. The summed E-state index contributed by atoms with van der Waals surface area (Å²) in [6.07, 6.45) is -9.65. The average molecular weight is 357 g/mol. The summed E-state index contributed by atoms with van der Waals surface area (Å²) < 4.78 is 84.0. The fraction of sp³-hybridized carbons (Fsp3) is 0.500. The Kier molecular flexibility index (Phi) is 4.57. The van der Waals surface area contributed by atoms with Crippen LogP contribution in [0.15, 0.2) is 18.2 Å². The Labute approximate surface area is 132 Å². The van der Waals surface area contributed by atoms with E-state index in [1.165, 1.54) is 0 Å². The molecule has 1 aliphatic rings. The molecule has 1 heterocycles. The lowest BCUT2D eigenvalue weighted by Gasteiger charge is -2.36. The number of hydrogen-bond donors (Lipinski definition) is 1. The van der Waals surface area contributed by atoms with Crippen molar-refractivity contribution < 1.29 is 41.1 Å². The molecule has 2 rings (SSSR count). The molecule has 1 atom stereocenters. The molecule has 0 aliphatic carbocycles. The van der Waals surface area contributed by atoms with Gasteiger partial charge in [0.1, 0.15) is 0 Å². The van der Waals surface area contributed by atoms with Crippen LogP contribution in [-0.4, -0.2) is 29.0 Å². The van der Waals surface area contributed by atoms with Crippen molar-refractivity contribution in [1.82, 2.24) is 5.06 Å². The summed E-state index contributed by atoms with van der Waals surface area (Å²) >= 11 is 0. The molecule has 24 heavy (non-hydrogen) atoms. The molecule has 0 saturated carbocycles. The Hall–Kier alpha value is -1.81. The van der Waals surface area contributed by atoms with Crippen LogP contribution in [-0.2, 0) is 16.6 Å². The number of amides is 1. The van der Waals surface area contributed by atoms with Crippen molar-refractivity contribution in [3.8, 4) is 0 Å². The maximum Gasteiger partial charge on any atom is 0.443 e. The number of unbranched alkanes of at least 4 members (excludes halogenated alkanes) is 1. The van der Waals surface area contributed by atoms with E-state index in [9.17, 15) is 36.3 Å². The van der Waals surface area contributed by atoms with Gasteiger partial charge in [-0.1, -0.05) is 13.3 Å². The molecule has 1 aromatic rings. The molecule has 0 bridgehead atoms. The predicted octanol–water partition coefficient (Wildman–Crippen LogP) is 4.08. The van der Waals surface area contributed by atoms with Crippen LogP contribution >= 0.6 is 0 Å². The van der Waals surface area contributed by atoms with Crippen molar-refractivity contribution in [2.24, 2.45) is 0 Å². The third-order valence-electron chi connectivity index (χ3n) is 3.63. The van der Waals surface area contributed by atoms with Crippen LogP contribution in [0.2, 0.25) is 0 Å². The van der Waals surface area contributed by atoms with Crippen LogP contribution < -0.4 is 0 Å². The third-order valence-corrected chi connectivity index (χ3v) is 3.63. The smallest absolute Gasteiger partial charge is 0.342 e. The van der Waals surface area contributed by atoms with E-state index in [4.69, 9.17) is 4.74 Å². The molecule has 10 heteroatoms. The summed E-state index contributed by atoms with van der Waals surface area (Å²) in [7, 11) is 0. The lowest BCUT2D eigenvalue weighted by atomic mass is 9.97. The Morgan fingerprint density at radius 3 is 2.33 bits per heavy atom. The second-order valence-electron chi connectivity index (χ2n) is 5.22. The highest BCUT2D eigenvalue weighted by Crippen LogP contribution is 2.51. The van der Waals surface area contributed by atoms with E-state index in [-0.39, 0.29) is 12.5 Å². The van der Waals surface area contributed by atoms with Crippen molar-refractivity contribution in [1.29, 1.82) is 0 Å². The van der Waals surface area contributed by atoms with Crippen molar-refractivity contribution in [3.05, 3.63) is 34.9 Å². The lowest BCUT2D eigenvalue weighted by Crippen LogP contribution is -2.54. The van der Waals surface area contributed by atoms with E-state index in [0.29, 0.717) is 18.6 Å². The van der Waals surface area contributed by atoms with Gasteiger partial charge in [-0.2, -0.15) is 31.4 Å². The van der Waals surface area contributed by atoms with E-state index in [1.807, 2.05) is 0 Å². The molecule has 1 unspecified atom stereocenters. The maximum absolute atomic E-state index is 13.6. The molecule has 0 spiro atoms. The highest BCUT2D eigenvalue weighted by molar-refractivity contribution is 5.99. The first kappa shape index (κ1) is 18.5. The summed E-state index contributed by atoms with van der Waals surface area (Å²) in [5.74, 6) is -1.48. The number of fused-ring (bicyclic) bond motifs is 1. The number of carbonyl (C=O) groups is 1. The van der Waals surface area contributed by atoms with Crippen molar-refractivity contribution in [3.63, 3.8) is 0 Å². The van der Waals surface area contributed by atoms with Crippen molar-refractivity contribution >= 4 is 5.91 Å². The number of benzene rings is 1. The van der Waals surface area contributed by atoms with Gasteiger partial charge < -0.3 is 4.74 Å². The van der Waals surface area contributed by atoms with Crippen LogP contribution in [0.5, 0.6) is 0 Å². The van der Waals surface area contributed by atoms with Gasteiger partial charge in [-0.25, -0.2) is 0 Å². The van der Waals surface area contributed by atoms with E-state index < -0.39 is 52.3 Å². The highest BCUT2D eigenvalue weighted by Gasteiger charge is 2.68. The lowest BCUT2D eigenvalue weighted by molar-refractivity contribution is -0.378. The number of ether oxygens (including phenoxy) is 1. The predicted molar refractivity (Wildman–Crippen MR) is 68.0 cm³/mol. The zero-order chi connectivity index (χ0) is 18.3. The molecule has 4 nitrogen and oxygen atoms in total. The van der Waals surface area contributed by atoms with E-state index in [1.54, 1.807) is 6.92 Å². The van der Waals surface area contributed by atoms with Crippen LogP contribution in [0.3, 0.4) is 0 Å². The Bertz CT molecular complexity index is 642. The molecule has 0 radical (unpaired) electrons. The fourth-order valence-electron chi connectivity index (χ4n) is 2.42. The number of hydrogen-bond acceptors (Lipinski definition) is 3. The zero-order valence-corrected chi connectivity index (χ0v) is 12.3. The number of rotatable bonds is 4. The first-order chi connectivity index (χ1) is 11.0. The van der Waals surface area contributed by atoms with Gasteiger partial charge in [0.05, 0.1) is 17.7 Å². The van der Waals surface area contributed by atoms with Crippen LogP contribution in [0.4, 0.5) is 26.3 Å². The van der Waals surface area contributed by atoms with Crippen molar-refractivity contribution in [2.45, 2.75) is 37.8 Å². The van der Waals surface area contributed by atoms with Gasteiger partial charge in [0, 0.05) is 5.56 Å². The molecule has 0 fully saturated rings. The second kappa shape index (κ2) is 5.92. The quantitative estimate of drug-likeness (QED) is 0.502. The Morgan fingerprint density at radius 1 is 1.21 bits per heavy atom.